The fourth-order valence-electron chi connectivity index (χ4n) is 2.78. The lowest BCUT2D eigenvalue weighted by molar-refractivity contribution is -0.127. The van der Waals surface area contributed by atoms with E-state index in [0.717, 1.165) is 25.9 Å². The van der Waals surface area contributed by atoms with Crippen LogP contribution >= 0.6 is 0 Å². The Morgan fingerprint density at radius 1 is 1.43 bits per heavy atom. The average Bonchev–Trinajstić information content (AvgIpc) is 2.76. The van der Waals surface area contributed by atoms with Crippen molar-refractivity contribution in [3.05, 3.63) is 0 Å². The molecular weight excluding hydrogens is 174 g/mol. The van der Waals surface area contributed by atoms with Crippen LogP contribution in [-0.2, 0) is 4.79 Å². The summed E-state index contributed by atoms with van der Waals surface area (Å²) in [6.07, 6.45) is 7.14. The van der Waals surface area contributed by atoms with Crippen LogP contribution in [-0.4, -0.2) is 18.9 Å². The third-order valence-corrected chi connectivity index (χ3v) is 3.99. The number of Topliss-reactive ketones (excluding diaryl/α,β-unsaturated/α-hetero) is 1. The molecule has 2 heteroatoms. The quantitative estimate of drug-likeness (QED) is 0.747. The molecule has 2 nitrogen and oxygen atoms in total. The van der Waals surface area contributed by atoms with Gasteiger partial charge in [-0.05, 0) is 18.9 Å². The molecule has 1 aliphatic heterocycles. The minimum atomic E-state index is -0.0391. The van der Waals surface area contributed by atoms with Gasteiger partial charge in [-0.1, -0.05) is 32.6 Å². The normalized spacial score (nSPS) is 33.8. The SMILES string of the molecule is CC1(C(=O)CC2CCCC2)CCNC1. The number of ketones is 1. The molecular formula is C12H21NO. The van der Waals surface area contributed by atoms with Crippen molar-refractivity contribution in [1.82, 2.24) is 5.32 Å². The Kier molecular flexibility index (Phi) is 2.91. The van der Waals surface area contributed by atoms with Gasteiger partial charge >= 0.3 is 0 Å². The first-order valence-corrected chi connectivity index (χ1v) is 5.95. The van der Waals surface area contributed by atoms with E-state index in [9.17, 15) is 4.79 Å². The molecule has 0 aromatic carbocycles. The Hall–Kier alpha value is -0.370. The lowest BCUT2D eigenvalue weighted by Gasteiger charge is -2.22. The minimum Gasteiger partial charge on any atom is -0.316 e. The van der Waals surface area contributed by atoms with E-state index in [1.807, 2.05) is 0 Å². The highest BCUT2D eigenvalue weighted by Crippen LogP contribution is 2.33. The molecule has 0 aromatic heterocycles. The maximum atomic E-state index is 12.1. The smallest absolute Gasteiger partial charge is 0.140 e. The average molecular weight is 195 g/mol. The van der Waals surface area contributed by atoms with Crippen molar-refractivity contribution < 1.29 is 4.79 Å². The zero-order valence-corrected chi connectivity index (χ0v) is 9.14. The van der Waals surface area contributed by atoms with Crippen LogP contribution in [0.25, 0.3) is 0 Å². The predicted molar refractivity (Wildman–Crippen MR) is 57.2 cm³/mol. The predicted octanol–water partition coefficient (Wildman–Crippen LogP) is 2.14. The summed E-state index contributed by atoms with van der Waals surface area (Å²) in [5.41, 5.74) is -0.0391. The van der Waals surface area contributed by atoms with Gasteiger partial charge in [-0.25, -0.2) is 0 Å². The monoisotopic (exact) mass is 195 g/mol. The highest BCUT2D eigenvalue weighted by Gasteiger charge is 2.36. The van der Waals surface area contributed by atoms with Gasteiger partial charge in [0, 0.05) is 18.4 Å². The number of hydrogen-bond acceptors (Lipinski definition) is 2. The van der Waals surface area contributed by atoms with Crippen molar-refractivity contribution in [2.45, 2.75) is 45.4 Å². The van der Waals surface area contributed by atoms with E-state index in [-0.39, 0.29) is 5.41 Å². The summed E-state index contributed by atoms with van der Waals surface area (Å²) in [5.74, 6) is 1.22. The van der Waals surface area contributed by atoms with Crippen LogP contribution in [0, 0.1) is 11.3 Å². The van der Waals surface area contributed by atoms with E-state index < -0.39 is 0 Å². The van der Waals surface area contributed by atoms with Crippen LogP contribution in [0.3, 0.4) is 0 Å². The summed E-state index contributed by atoms with van der Waals surface area (Å²) < 4.78 is 0. The van der Waals surface area contributed by atoms with Crippen molar-refractivity contribution in [3.63, 3.8) is 0 Å². The Balaban J connectivity index is 1.87. The van der Waals surface area contributed by atoms with E-state index in [2.05, 4.69) is 12.2 Å². The minimum absolute atomic E-state index is 0.0391. The highest BCUT2D eigenvalue weighted by atomic mass is 16.1. The van der Waals surface area contributed by atoms with Crippen molar-refractivity contribution in [2.75, 3.05) is 13.1 Å². The van der Waals surface area contributed by atoms with Crippen LogP contribution in [0.1, 0.15) is 45.4 Å². The van der Waals surface area contributed by atoms with Gasteiger partial charge in [0.2, 0.25) is 0 Å². The van der Waals surface area contributed by atoms with Crippen molar-refractivity contribution in [3.8, 4) is 0 Å². The highest BCUT2D eigenvalue weighted by molar-refractivity contribution is 5.85. The Bertz CT molecular complexity index is 212. The summed E-state index contributed by atoms with van der Waals surface area (Å²) in [6, 6.07) is 0. The van der Waals surface area contributed by atoms with Gasteiger partial charge in [0.05, 0.1) is 0 Å². The van der Waals surface area contributed by atoms with Crippen molar-refractivity contribution >= 4 is 5.78 Å². The largest absolute Gasteiger partial charge is 0.316 e. The van der Waals surface area contributed by atoms with Gasteiger partial charge in [0.1, 0.15) is 5.78 Å². The molecule has 1 saturated carbocycles. The Morgan fingerprint density at radius 2 is 2.14 bits per heavy atom. The van der Waals surface area contributed by atoms with Crippen LogP contribution in [0.2, 0.25) is 0 Å². The molecule has 80 valence electrons. The first-order valence-electron chi connectivity index (χ1n) is 5.95. The van der Waals surface area contributed by atoms with E-state index in [1.54, 1.807) is 0 Å². The standard InChI is InChI=1S/C12H21NO/c1-12(6-7-13-9-12)11(14)8-10-4-2-3-5-10/h10,13H,2-9H2,1H3. The fraction of sp³-hybridized carbons (Fsp3) is 0.917. The van der Waals surface area contributed by atoms with Crippen LogP contribution in [0.5, 0.6) is 0 Å². The van der Waals surface area contributed by atoms with Crippen LogP contribution < -0.4 is 5.32 Å². The molecule has 0 spiro atoms. The van der Waals surface area contributed by atoms with Crippen LogP contribution in [0.4, 0.5) is 0 Å². The molecule has 1 atom stereocenters. The van der Waals surface area contributed by atoms with Crippen molar-refractivity contribution in [1.29, 1.82) is 0 Å². The number of nitrogens with one attached hydrogen (secondary N) is 1. The van der Waals surface area contributed by atoms with E-state index in [0.29, 0.717) is 11.7 Å². The lowest BCUT2D eigenvalue weighted by atomic mass is 9.80. The van der Waals surface area contributed by atoms with E-state index in [4.69, 9.17) is 0 Å². The third kappa shape index (κ3) is 2.00. The summed E-state index contributed by atoms with van der Waals surface area (Å²) >= 11 is 0. The van der Waals surface area contributed by atoms with Gasteiger partial charge in [-0.15, -0.1) is 0 Å². The molecule has 0 bridgehead atoms. The molecule has 1 N–H and O–H groups in total. The molecule has 2 fully saturated rings. The molecule has 1 aliphatic carbocycles. The van der Waals surface area contributed by atoms with Crippen LogP contribution in [0.15, 0.2) is 0 Å². The molecule has 0 radical (unpaired) electrons. The maximum Gasteiger partial charge on any atom is 0.140 e. The molecule has 1 unspecified atom stereocenters. The molecule has 2 aliphatic rings. The topological polar surface area (TPSA) is 29.1 Å². The zero-order chi connectivity index (χ0) is 10.0. The van der Waals surface area contributed by atoms with Crippen molar-refractivity contribution in [2.24, 2.45) is 11.3 Å². The first kappa shape index (κ1) is 10.2. The Labute approximate surface area is 86.5 Å². The number of rotatable bonds is 3. The van der Waals surface area contributed by atoms with Gasteiger partial charge in [-0.3, -0.25) is 4.79 Å². The van der Waals surface area contributed by atoms with Gasteiger partial charge in [0.15, 0.2) is 0 Å². The molecule has 2 rings (SSSR count). The zero-order valence-electron chi connectivity index (χ0n) is 9.14. The maximum absolute atomic E-state index is 12.1. The van der Waals surface area contributed by atoms with Gasteiger partial charge in [-0.2, -0.15) is 0 Å². The van der Waals surface area contributed by atoms with E-state index in [1.165, 1.54) is 25.7 Å². The van der Waals surface area contributed by atoms with E-state index >= 15 is 0 Å². The fourth-order valence-corrected chi connectivity index (χ4v) is 2.78. The first-order chi connectivity index (χ1) is 6.71. The lowest BCUT2D eigenvalue weighted by Crippen LogP contribution is -2.31. The molecule has 1 heterocycles. The third-order valence-electron chi connectivity index (χ3n) is 3.99. The summed E-state index contributed by atoms with van der Waals surface area (Å²) in [7, 11) is 0. The number of carbonyl (C=O) groups is 1. The number of carbonyl (C=O) groups excluding carboxylic acids is 1. The van der Waals surface area contributed by atoms with Gasteiger partial charge < -0.3 is 5.32 Å². The molecule has 0 aromatic rings. The molecule has 0 amide bonds. The molecule has 1 saturated heterocycles. The summed E-state index contributed by atoms with van der Waals surface area (Å²) in [5, 5.41) is 3.30. The second-order valence-corrected chi connectivity index (χ2v) is 5.27. The van der Waals surface area contributed by atoms with Gasteiger partial charge in [0.25, 0.3) is 0 Å². The second kappa shape index (κ2) is 4.01. The molecule has 14 heavy (non-hydrogen) atoms. The summed E-state index contributed by atoms with van der Waals surface area (Å²) in [4.78, 5) is 12.1. The summed E-state index contributed by atoms with van der Waals surface area (Å²) in [6.45, 7) is 4.05. The number of hydrogen-bond donors (Lipinski definition) is 1. The second-order valence-electron chi connectivity index (χ2n) is 5.27. The Morgan fingerprint density at radius 3 is 2.71 bits per heavy atom.